The van der Waals surface area contributed by atoms with E-state index in [1.807, 2.05) is 0 Å². The molecule has 0 saturated heterocycles. The molecule has 0 atom stereocenters. The molecule has 0 fully saturated rings. The van der Waals surface area contributed by atoms with E-state index in [2.05, 4.69) is 0 Å². The molecule has 0 radical (unpaired) electrons. The summed E-state index contributed by atoms with van der Waals surface area (Å²) < 4.78 is 27.7. The van der Waals surface area contributed by atoms with Gasteiger partial charge in [0, 0.05) is 5.56 Å². The summed E-state index contributed by atoms with van der Waals surface area (Å²) in [6.45, 7) is 0. The SMILES string of the molecule is N#Cc1cc(F)c(-c2c(Cl)cccc2Cl)c(F)c1. The molecule has 18 heavy (non-hydrogen) atoms. The maximum absolute atomic E-state index is 13.8. The van der Waals surface area contributed by atoms with Gasteiger partial charge in [0.15, 0.2) is 0 Å². The van der Waals surface area contributed by atoms with Crippen LogP contribution in [0.3, 0.4) is 0 Å². The van der Waals surface area contributed by atoms with Crippen LogP contribution in [0.25, 0.3) is 11.1 Å². The normalized spacial score (nSPS) is 10.2. The lowest BCUT2D eigenvalue weighted by Crippen LogP contribution is -1.94. The number of halogens is 4. The number of nitrogens with zero attached hydrogens (tertiary/aromatic N) is 1. The Kier molecular flexibility index (Phi) is 3.51. The summed E-state index contributed by atoms with van der Waals surface area (Å²) in [6.07, 6.45) is 0. The molecule has 0 heterocycles. The van der Waals surface area contributed by atoms with Crippen LogP contribution in [0.4, 0.5) is 8.78 Å². The Balaban J connectivity index is 2.77. The number of nitriles is 1. The molecule has 0 unspecified atom stereocenters. The van der Waals surface area contributed by atoms with Crippen LogP contribution in [0.2, 0.25) is 10.0 Å². The van der Waals surface area contributed by atoms with Crippen LogP contribution in [0.15, 0.2) is 30.3 Å². The molecular formula is C13H5Cl2F2N. The van der Waals surface area contributed by atoms with Crippen molar-refractivity contribution in [2.75, 3.05) is 0 Å². The highest BCUT2D eigenvalue weighted by Crippen LogP contribution is 2.37. The van der Waals surface area contributed by atoms with E-state index in [1.54, 1.807) is 12.1 Å². The maximum atomic E-state index is 13.8. The number of hydrogen-bond donors (Lipinski definition) is 0. The van der Waals surface area contributed by atoms with Crippen molar-refractivity contribution in [2.24, 2.45) is 0 Å². The van der Waals surface area contributed by atoms with E-state index < -0.39 is 11.6 Å². The van der Waals surface area contributed by atoms with Crippen LogP contribution in [0, 0.1) is 23.0 Å². The van der Waals surface area contributed by atoms with E-state index in [9.17, 15) is 8.78 Å². The van der Waals surface area contributed by atoms with Crippen molar-refractivity contribution in [2.45, 2.75) is 0 Å². The fraction of sp³-hybridized carbons (Fsp3) is 0. The molecule has 0 aliphatic heterocycles. The average Bonchev–Trinajstić information content (AvgIpc) is 2.31. The first-order valence-corrected chi connectivity index (χ1v) is 5.63. The second-order valence-electron chi connectivity index (χ2n) is 3.52. The predicted octanol–water partition coefficient (Wildman–Crippen LogP) is 4.81. The zero-order chi connectivity index (χ0) is 13.3. The van der Waals surface area contributed by atoms with Gasteiger partial charge in [-0.15, -0.1) is 0 Å². The van der Waals surface area contributed by atoms with Crippen LogP contribution in [0.1, 0.15) is 5.56 Å². The molecule has 0 aromatic heterocycles. The van der Waals surface area contributed by atoms with Gasteiger partial charge in [-0.05, 0) is 24.3 Å². The summed E-state index contributed by atoms with van der Waals surface area (Å²) in [4.78, 5) is 0. The van der Waals surface area contributed by atoms with Gasteiger partial charge in [0.05, 0.1) is 27.2 Å². The molecule has 0 amide bonds. The van der Waals surface area contributed by atoms with Crippen LogP contribution >= 0.6 is 23.2 Å². The molecule has 0 bridgehead atoms. The van der Waals surface area contributed by atoms with Gasteiger partial charge in [0.25, 0.3) is 0 Å². The van der Waals surface area contributed by atoms with Crippen LogP contribution in [-0.2, 0) is 0 Å². The third-order valence-corrected chi connectivity index (χ3v) is 3.01. The average molecular weight is 284 g/mol. The lowest BCUT2D eigenvalue weighted by molar-refractivity contribution is 0.589. The Hall–Kier alpha value is -1.63. The summed E-state index contributed by atoms with van der Waals surface area (Å²) in [7, 11) is 0. The zero-order valence-electron chi connectivity index (χ0n) is 8.85. The van der Waals surface area contributed by atoms with Crippen molar-refractivity contribution in [3.63, 3.8) is 0 Å². The summed E-state index contributed by atoms with van der Waals surface area (Å²) >= 11 is 11.8. The minimum Gasteiger partial charge on any atom is -0.206 e. The molecule has 2 aromatic rings. The zero-order valence-corrected chi connectivity index (χ0v) is 10.4. The smallest absolute Gasteiger partial charge is 0.135 e. The minimum absolute atomic E-state index is 0.0836. The molecule has 90 valence electrons. The second kappa shape index (κ2) is 4.93. The summed E-state index contributed by atoms with van der Waals surface area (Å²) in [5.74, 6) is -1.75. The summed E-state index contributed by atoms with van der Waals surface area (Å²) in [6, 6.07) is 8.10. The standard InChI is InChI=1S/C13H5Cl2F2N/c14-8-2-1-3-9(15)12(8)13-10(16)4-7(6-18)5-11(13)17/h1-5H. The van der Waals surface area contributed by atoms with Crippen molar-refractivity contribution < 1.29 is 8.78 Å². The number of rotatable bonds is 1. The Morgan fingerprint density at radius 3 is 1.89 bits per heavy atom. The van der Waals surface area contributed by atoms with Gasteiger partial charge in [-0.3, -0.25) is 0 Å². The van der Waals surface area contributed by atoms with Gasteiger partial charge in [0.2, 0.25) is 0 Å². The number of benzene rings is 2. The van der Waals surface area contributed by atoms with Crippen LogP contribution in [-0.4, -0.2) is 0 Å². The molecule has 0 saturated carbocycles. The van der Waals surface area contributed by atoms with E-state index in [0.717, 1.165) is 12.1 Å². The van der Waals surface area contributed by atoms with Gasteiger partial charge >= 0.3 is 0 Å². The van der Waals surface area contributed by atoms with Crippen molar-refractivity contribution in [3.05, 3.63) is 57.6 Å². The molecule has 2 rings (SSSR count). The lowest BCUT2D eigenvalue weighted by Gasteiger charge is -2.09. The first-order chi connectivity index (χ1) is 8.54. The van der Waals surface area contributed by atoms with Gasteiger partial charge in [-0.25, -0.2) is 8.78 Å². The van der Waals surface area contributed by atoms with Crippen molar-refractivity contribution in [1.29, 1.82) is 5.26 Å². The Morgan fingerprint density at radius 1 is 0.944 bits per heavy atom. The first kappa shape index (κ1) is 12.8. The van der Waals surface area contributed by atoms with Crippen LogP contribution < -0.4 is 0 Å². The Morgan fingerprint density at radius 2 is 1.44 bits per heavy atom. The molecule has 0 aliphatic carbocycles. The molecule has 0 aliphatic rings. The molecule has 2 aromatic carbocycles. The van der Waals surface area contributed by atoms with Crippen LogP contribution in [0.5, 0.6) is 0 Å². The van der Waals surface area contributed by atoms with Gasteiger partial charge in [0.1, 0.15) is 11.6 Å². The van der Waals surface area contributed by atoms with E-state index in [-0.39, 0.29) is 26.7 Å². The highest BCUT2D eigenvalue weighted by atomic mass is 35.5. The van der Waals surface area contributed by atoms with E-state index in [0.29, 0.717) is 0 Å². The third kappa shape index (κ3) is 2.17. The van der Waals surface area contributed by atoms with Crippen molar-refractivity contribution >= 4 is 23.2 Å². The highest BCUT2D eigenvalue weighted by molar-refractivity contribution is 6.39. The first-order valence-electron chi connectivity index (χ1n) is 4.88. The predicted molar refractivity (Wildman–Crippen MR) is 66.5 cm³/mol. The maximum Gasteiger partial charge on any atom is 0.135 e. The molecular weight excluding hydrogens is 279 g/mol. The fourth-order valence-electron chi connectivity index (χ4n) is 1.61. The van der Waals surface area contributed by atoms with Gasteiger partial charge in [-0.2, -0.15) is 5.26 Å². The van der Waals surface area contributed by atoms with E-state index in [1.165, 1.54) is 12.1 Å². The molecule has 0 spiro atoms. The van der Waals surface area contributed by atoms with E-state index in [4.69, 9.17) is 28.5 Å². The monoisotopic (exact) mass is 283 g/mol. The lowest BCUT2D eigenvalue weighted by atomic mass is 10.0. The highest BCUT2D eigenvalue weighted by Gasteiger charge is 2.18. The van der Waals surface area contributed by atoms with E-state index >= 15 is 0 Å². The summed E-state index contributed by atoms with van der Waals surface area (Å²) in [5, 5.41) is 8.91. The van der Waals surface area contributed by atoms with Crippen molar-refractivity contribution in [3.8, 4) is 17.2 Å². The topological polar surface area (TPSA) is 23.8 Å². The largest absolute Gasteiger partial charge is 0.206 e. The molecule has 0 N–H and O–H groups in total. The molecule has 5 heteroatoms. The summed E-state index contributed by atoms with van der Waals surface area (Å²) in [5.41, 5.74) is -0.346. The number of hydrogen-bond acceptors (Lipinski definition) is 1. The Bertz CT molecular complexity index is 619. The quantitative estimate of drug-likeness (QED) is 0.737. The van der Waals surface area contributed by atoms with Gasteiger partial charge in [-0.1, -0.05) is 29.3 Å². The fourth-order valence-corrected chi connectivity index (χ4v) is 2.20. The molecule has 1 nitrogen and oxygen atoms in total. The van der Waals surface area contributed by atoms with Crippen molar-refractivity contribution in [1.82, 2.24) is 0 Å². The second-order valence-corrected chi connectivity index (χ2v) is 4.34. The minimum atomic E-state index is -0.874. The third-order valence-electron chi connectivity index (χ3n) is 2.38. The van der Waals surface area contributed by atoms with Gasteiger partial charge < -0.3 is 0 Å². The Labute approximate surface area is 112 Å².